The number of carbonyl (C=O) groups is 1. The Hall–Kier alpha value is -2.84. The number of para-hydroxylation sites is 1. The van der Waals surface area contributed by atoms with Crippen molar-refractivity contribution in [2.24, 2.45) is 0 Å². The molecule has 28 heavy (non-hydrogen) atoms. The van der Waals surface area contributed by atoms with Crippen molar-refractivity contribution in [3.8, 4) is 17.0 Å². The van der Waals surface area contributed by atoms with Crippen LogP contribution in [-0.4, -0.2) is 27.4 Å². The van der Waals surface area contributed by atoms with Gasteiger partial charge in [-0.2, -0.15) is 0 Å². The molecule has 1 aliphatic heterocycles. The summed E-state index contributed by atoms with van der Waals surface area (Å²) < 4.78 is 12.1. The van der Waals surface area contributed by atoms with Crippen molar-refractivity contribution in [1.82, 2.24) is 9.55 Å². The Morgan fingerprint density at radius 3 is 2.71 bits per heavy atom. The fourth-order valence-corrected chi connectivity index (χ4v) is 5.23. The van der Waals surface area contributed by atoms with E-state index in [0.717, 1.165) is 5.56 Å². The molecule has 0 radical (unpaired) electrons. The Morgan fingerprint density at radius 1 is 1.14 bits per heavy atom. The Morgan fingerprint density at radius 2 is 2.00 bits per heavy atom. The van der Waals surface area contributed by atoms with Gasteiger partial charge in [0.25, 0.3) is 5.56 Å². The maximum absolute atomic E-state index is 13.5. The SMILES string of the molecule is O=C1OCC[C@H]1Sc1nc2scc(-c3ccco3)c2c(=O)n1-c1ccccc1. The molecular weight excluding hydrogens is 396 g/mol. The number of thioether (sulfide) groups is 1. The van der Waals surface area contributed by atoms with E-state index in [0.29, 0.717) is 39.8 Å². The van der Waals surface area contributed by atoms with E-state index in [4.69, 9.17) is 14.1 Å². The number of rotatable bonds is 4. The second kappa shape index (κ2) is 6.96. The lowest BCUT2D eigenvalue weighted by Gasteiger charge is -2.13. The van der Waals surface area contributed by atoms with Gasteiger partial charge in [0.05, 0.1) is 23.9 Å². The fourth-order valence-electron chi connectivity index (χ4n) is 3.18. The van der Waals surface area contributed by atoms with Crippen LogP contribution in [0.25, 0.3) is 27.2 Å². The van der Waals surface area contributed by atoms with Gasteiger partial charge in [0, 0.05) is 17.4 Å². The van der Waals surface area contributed by atoms with Crippen LogP contribution in [0, 0.1) is 0 Å². The predicted molar refractivity (Wildman–Crippen MR) is 108 cm³/mol. The van der Waals surface area contributed by atoms with Gasteiger partial charge in [-0.1, -0.05) is 30.0 Å². The number of hydrogen-bond acceptors (Lipinski definition) is 7. The summed E-state index contributed by atoms with van der Waals surface area (Å²) in [5.41, 5.74) is 1.24. The van der Waals surface area contributed by atoms with Crippen LogP contribution in [-0.2, 0) is 9.53 Å². The molecule has 0 unspecified atom stereocenters. The van der Waals surface area contributed by atoms with Crippen LogP contribution in [0.2, 0.25) is 0 Å². The van der Waals surface area contributed by atoms with Gasteiger partial charge in [-0.05, 0) is 24.3 Å². The summed E-state index contributed by atoms with van der Waals surface area (Å²) in [6.07, 6.45) is 2.19. The second-order valence-corrected chi connectivity index (χ2v) is 8.27. The number of aromatic nitrogens is 2. The lowest BCUT2D eigenvalue weighted by molar-refractivity contribution is -0.137. The lowest BCUT2D eigenvalue weighted by Crippen LogP contribution is -2.23. The average Bonchev–Trinajstić information content (AvgIpc) is 3.44. The Kier molecular flexibility index (Phi) is 4.29. The van der Waals surface area contributed by atoms with Gasteiger partial charge >= 0.3 is 5.97 Å². The van der Waals surface area contributed by atoms with Gasteiger partial charge in [0.2, 0.25) is 0 Å². The first-order valence-corrected chi connectivity index (χ1v) is 10.4. The maximum atomic E-state index is 13.5. The van der Waals surface area contributed by atoms with E-state index in [1.54, 1.807) is 16.9 Å². The zero-order valence-corrected chi connectivity index (χ0v) is 16.2. The van der Waals surface area contributed by atoms with E-state index in [-0.39, 0.29) is 16.8 Å². The summed E-state index contributed by atoms with van der Waals surface area (Å²) in [4.78, 5) is 30.9. The number of fused-ring (bicyclic) bond motifs is 1. The summed E-state index contributed by atoms with van der Waals surface area (Å²) in [6.45, 7) is 0.399. The Balaban J connectivity index is 1.75. The minimum atomic E-state index is -0.358. The number of esters is 1. The zero-order valence-electron chi connectivity index (χ0n) is 14.5. The molecule has 4 heterocycles. The summed E-state index contributed by atoms with van der Waals surface area (Å²) in [5, 5.41) is 2.53. The van der Waals surface area contributed by atoms with Crippen molar-refractivity contribution in [2.45, 2.75) is 16.8 Å². The third kappa shape index (κ3) is 2.85. The van der Waals surface area contributed by atoms with Crippen LogP contribution in [0.4, 0.5) is 0 Å². The quantitative estimate of drug-likeness (QED) is 0.372. The number of furan rings is 1. The van der Waals surface area contributed by atoms with Crippen LogP contribution < -0.4 is 5.56 Å². The summed E-state index contributed by atoms with van der Waals surface area (Å²) in [6, 6.07) is 12.9. The number of cyclic esters (lactones) is 1. The zero-order chi connectivity index (χ0) is 19.1. The first-order valence-electron chi connectivity index (χ1n) is 8.69. The molecule has 3 aromatic heterocycles. The van der Waals surface area contributed by atoms with Crippen molar-refractivity contribution in [2.75, 3.05) is 6.61 Å². The Bertz CT molecular complexity index is 1210. The number of ether oxygens (including phenoxy) is 1. The number of thiophene rings is 1. The summed E-state index contributed by atoms with van der Waals surface area (Å²) in [5.74, 6) is 0.367. The molecule has 0 N–H and O–H groups in total. The van der Waals surface area contributed by atoms with Crippen LogP contribution in [0.15, 0.2) is 68.5 Å². The number of nitrogens with zero attached hydrogens (tertiary/aromatic N) is 2. The standard InChI is InChI=1S/C20H14N2O4S2/c23-18-16-13(14-7-4-9-25-14)11-27-17(16)21-20(28-15-8-10-26-19(15)24)22(18)12-5-2-1-3-6-12/h1-7,9,11,15H,8,10H2/t15-/m1/s1. The summed E-state index contributed by atoms with van der Waals surface area (Å²) >= 11 is 2.67. The van der Waals surface area contributed by atoms with Crippen LogP contribution >= 0.6 is 23.1 Å². The van der Waals surface area contributed by atoms with Crippen LogP contribution in [0.5, 0.6) is 0 Å². The molecule has 1 aliphatic rings. The molecule has 0 spiro atoms. The van der Waals surface area contributed by atoms with E-state index in [2.05, 4.69) is 0 Å². The highest BCUT2D eigenvalue weighted by atomic mass is 32.2. The minimum Gasteiger partial charge on any atom is -0.465 e. The van der Waals surface area contributed by atoms with Gasteiger partial charge in [0.1, 0.15) is 15.8 Å². The van der Waals surface area contributed by atoms with Gasteiger partial charge in [-0.25, -0.2) is 4.98 Å². The lowest BCUT2D eigenvalue weighted by atomic mass is 10.2. The highest BCUT2D eigenvalue weighted by molar-refractivity contribution is 8.00. The van der Waals surface area contributed by atoms with Crippen molar-refractivity contribution in [1.29, 1.82) is 0 Å². The van der Waals surface area contributed by atoms with E-state index >= 15 is 0 Å². The van der Waals surface area contributed by atoms with E-state index in [1.807, 2.05) is 41.8 Å². The van der Waals surface area contributed by atoms with Gasteiger partial charge in [-0.15, -0.1) is 11.3 Å². The molecule has 4 aromatic rings. The number of carbonyl (C=O) groups excluding carboxylic acids is 1. The molecule has 0 amide bonds. The summed E-state index contributed by atoms with van der Waals surface area (Å²) in [7, 11) is 0. The molecule has 1 atom stereocenters. The molecular formula is C20H14N2O4S2. The van der Waals surface area contributed by atoms with E-state index in [9.17, 15) is 9.59 Å². The average molecular weight is 410 g/mol. The topological polar surface area (TPSA) is 74.3 Å². The predicted octanol–water partition coefficient (Wildman–Crippen LogP) is 4.11. The molecule has 1 aromatic carbocycles. The fraction of sp³-hybridized carbons (Fsp3) is 0.150. The molecule has 1 fully saturated rings. The van der Waals surface area contributed by atoms with Gasteiger partial charge in [-0.3, -0.25) is 14.2 Å². The first-order chi connectivity index (χ1) is 13.7. The third-order valence-corrected chi connectivity index (χ3v) is 6.58. The molecule has 5 rings (SSSR count). The highest BCUT2D eigenvalue weighted by Gasteiger charge is 2.30. The Labute approximate surface area is 167 Å². The molecule has 0 saturated carbocycles. The van der Waals surface area contributed by atoms with Gasteiger partial charge in [0.15, 0.2) is 5.16 Å². The highest BCUT2D eigenvalue weighted by Crippen LogP contribution is 2.35. The molecule has 6 nitrogen and oxygen atoms in total. The smallest absolute Gasteiger partial charge is 0.319 e. The van der Waals surface area contributed by atoms with Crippen LogP contribution in [0.3, 0.4) is 0 Å². The number of hydrogen-bond donors (Lipinski definition) is 0. The molecule has 0 bridgehead atoms. The first kappa shape index (κ1) is 17.3. The molecule has 8 heteroatoms. The van der Waals surface area contributed by atoms with E-state index < -0.39 is 0 Å². The van der Waals surface area contributed by atoms with Crippen molar-refractivity contribution < 1.29 is 13.9 Å². The second-order valence-electron chi connectivity index (χ2n) is 6.24. The number of benzene rings is 1. The minimum absolute atomic E-state index is 0.183. The maximum Gasteiger partial charge on any atom is 0.319 e. The van der Waals surface area contributed by atoms with E-state index in [1.165, 1.54) is 23.1 Å². The van der Waals surface area contributed by atoms with Crippen LogP contribution in [0.1, 0.15) is 6.42 Å². The van der Waals surface area contributed by atoms with Crippen molar-refractivity contribution in [3.05, 3.63) is 64.5 Å². The normalized spacial score (nSPS) is 16.6. The largest absolute Gasteiger partial charge is 0.465 e. The molecule has 140 valence electrons. The van der Waals surface area contributed by atoms with Crippen molar-refractivity contribution >= 4 is 39.3 Å². The molecule has 1 saturated heterocycles. The third-order valence-electron chi connectivity index (χ3n) is 4.51. The van der Waals surface area contributed by atoms with Crippen molar-refractivity contribution in [3.63, 3.8) is 0 Å². The molecule has 0 aliphatic carbocycles. The van der Waals surface area contributed by atoms with Gasteiger partial charge < -0.3 is 9.15 Å². The monoisotopic (exact) mass is 410 g/mol.